The zero-order valence-corrected chi connectivity index (χ0v) is 20.9. The van der Waals surface area contributed by atoms with Gasteiger partial charge in [0.15, 0.2) is 11.5 Å². The van der Waals surface area contributed by atoms with Crippen LogP contribution in [0.15, 0.2) is 71.8 Å². The molecule has 0 spiro atoms. The fraction of sp³-hybridized carbons (Fsp3) is 0.231. The molecule has 0 atom stereocenters. The molecule has 1 amide bonds. The van der Waals surface area contributed by atoms with Crippen LogP contribution in [0.1, 0.15) is 41.8 Å². The van der Waals surface area contributed by atoms with E-state index in [1.165, 1.54) is 0 Å². The van der Waals surface area contributed by atoms with Crippen molar-refractivity contribution in [2.24, 2.45) is 5.10 Å². The first kappa shape index (κ1) is 24.6. The lowest BCUT2D eigenvalue weighted by Gasteiger charge is -2.14. The third-order valence-electron chi connectivity index (χ3n) is 4.53. The minimum Gasteiger partial charge on any atom is -0.494 e. The largest absolute Gasteiger partial charge is 0.494 e. The topological polar surface area (TPSA) is 69.2 Å². The summed E-state index contributed by atoms with van der Waals surface area (Å²) in [5, 5.41) is 4.10. The number of amides is 1. The van der Waals surface area contributed by atoms with Crippen molar-refractivity contribution in [2.45, 2.75) is 26.9 Å². The summed E-state index contributed by atoms with van der Waals surface area (Å²) in [4.78, 5) is 12.4. The highest BCUT2D eigenvalue weighted by Crippen LogP contribution is 2.34. The van der Waals surface area contributed by atoms with Crippen molar-refractivity contribution in [3.8, 4) is 17.2 Å². The summed E-state index contributed by atoms with van der Waals surface area (Å²) >= 11 is 2.22. The number of hydrogen-bond donors (Lipinski definition) is 1. The third kappa shape index (κ3) is 7.49. The van der Waals surface area contributed by atoms with E-state index in [0.29, 0.717) is 36.9 Å². The summed E-state index contributed by atoms with van der Waals surface area (Å²) in [5.41, 5.74) is 4.93. The fourth-order valence-corrected chi connectivity index (χ4v) is 3.73. The van der Waals surface area contributed by atoms with Crippen LogP contribution in [0, 0.1) is 3.57 Å². The monoisotopic (exact) mass is 558 g/mol. The Morgan fingerprint density at radius 1 is 1.00 bits per heavy atom. The Balaban J connectivity index is 1.65. The number of ether oxygens (including phenoxy) is 3. The molecule has 0 aliphatic heterocycles. The summed E-state index contributed by atoms with van der Waals surface area (Å²) in [6.07, 6.45) is 2.52. The summed E-state index contributed by atoms with van der Waals surface area (Å²) in [7, 11) is 0. The third-order valence-corrected chi connectivity index (χ3v) is 5.33. The van der Waals surface area contributed by atoms with Gasteiger partial charge in [0.05, 0.1) is 23.0 Å². The zero-order chi connectivity index (χ0) is 23.5. The molecule has 0 unspecified atom stereocenters. The predicted octanol–water partition coefficient (Wildman–Crippen LogP) is 5.82. The van der Waals surface area contributed by atoms with Crippen molar-refractivity contribution in [3.05, 3.63) is 87.0 Å². The summed E-state index contributed by atoms with van der Waals surface area (Å²) in [5.74, 6) is 1.77. The number of carbonyl (C=O) groups is 1. The highest BCUT2D eigenvalue weighted by molar-refractivity contribution is 14.1. The number of hydrogen-bond acceptors (Lipinski definition) is 5. The summed E-state index contributed by atoms with van der Waals surface area (Å²) in [6, 6.07) is 20.7. The first-order valence-corrected chi connectivity index (χ1v) is 11.9. The number of rotatable bonds is 11. The lowest BCUT2D eigenvalue weighted by molar-refractivity contribution is 0.0955. The van der Waals surface area contributed by atoms with E-state index in [2.05, 4.69) is 33.1 Å². The van der Waals surface area contributed by atoms with Crippen molar-refractivity contribution < 1.29 is 19.0 Å². The zero-order valence-electron chi connectivity index (χ0n) is 18.7. The number of nitrogens with one attached hydrogen (secondary N) is 1. The van der Waals surface area contributed by atoms with Crippen molar-refractivity contribution in [2.75, 3.05) is 13.2 Å². The van der Waals surface area contributed by atoms with Gasteiger partial charge in [-0.2, -0.15) is 5.10 Å². The molecule has 0 bridgehead atoms. The number of hydrazone groups is 1. The molecular formula is C26H27IN2O4. The average molecular weight is 558 g/mol. The van der Waals surface area contributed by atoms with Crippen LogP contribution in [0.5, 0.6) is 17.2 Å². The molecule has 33 heavy (non-hydrogen) atoms. The Labute approximate surface area is 208 Å². The molecule has 172 valence electrons. The molecule has 0 saturated heterocycles. The lowest BCUT2D eigenvalue weighted by atomic mass is 10.2. The van der Waals surface area contributed by atoms with E-state index in [-0.39, 0.29) is 5.91 Å². The van der Waals surface area contributed by atoms with E-state index in [1.807, 2.05) is 56.3 Å². The first-order chi connectivity index (χ1) is 16.1. The van der Waals surface area contributed by atoms with E-state index in [0.717, 1.165) is 26.9 Å². The Kier molecular flexibility index (Phi) is 9.56. The van der Waals surface area contributed by atoms with Crippen LogP contribution < -0.4 is 19.6 Å². The minimum atomic E-state index is -0.296. The molecule has 3 aromatic rings. The highest BCUT2D eigenvalue weighted by Gasteiger charge is 2.12. The lowest BCUT2D eigenvalue weighted by Crippen LogP contribution is -2.17. The maximum atomic E-state index is 12.4. The molecule has 3 aromatic carbocycles. The van der Waals surface area contributed by atoms with Crippen LogP contribution >= 0.6 is 22.6 Å². The molecule has 0 aromatic heterocycles. The minimum absolute atomic E-state index is 0.296. The summed E-state index contributed by atoms with van der Waals surface area (Å²) < 4.78 is 18.3. The number of carbonyl (C=O) groups excluding carboxylic acids is 1. The molecule has 0 aliphatic rings. The van der Waals surface area contributed by atoms with Crippen molar-refractivity contribution >= 4 is 34.7 Å². The van der Waals surface area contributed by atoms with Crippen LogP contribution in [0.4, 0.5) is 0 Å². The van der Waals surface area contributed by atoms with E-state index in [1.54, 1.807) is 30.5 Å². The highest BCUT2D eigenvalue weighted by atomic mass is 127. The van der Waals surface area contributed by atoms with Gasteiger partial charge >= 0.3 is 0 Å². The van der Waals surface area contributed by atoms with Gasteiger partial charge in [-0.25, -0.2) is 5.43 Å². The van der Waals surface area contributed by atoms with Gasteiger partial charge in [0.2, 0.25) is 0 Å². The van der Waals surface area contributed by atoms with Crippen LogP contribution in [0.2, 0.25) is 0 Å². The first-order valence-electron chi connectivity index (χ1n) is 10.8. The van der Waals surface area contributed by atoms with Gasteiger partial charge in [-0.1, -0.05) is 37.3 Å². The maximum absolute atomic E-state index is 12.4. The second-order valence-electron chi connectivity index (χ2n) is 7.11. The van der Waals surface area contributed by atoms with E-state index in [4.69, 9.17) is 14.2 Å². The molecule has 1 N–H and O–H groups in total. The van der Waals surface area contributed by atoms with E-state index < -0.39 is 0 Å². The number of halogens is 1. The van der Waals surface area contributed by atoms with Gasteiger partial charge in [-0.05, 0) is 83.5 Å². The van der Waals surface area contributed by atoms with Gasteiger partial charge in [0.1, 0.15) is 12.4 Å². The molecule has 7 heteroatoms. The maximum Gasteiger partial charge on any atom is 0.271 e. The van der Waals surface area contributed by atoms with Crippen molar-refractivity contribution in [3.63, 3.8) is 0 Å². The quantitative estimate of drug-likeness (QED) is 0.183. The molecule has 0 radical (unpaired) electrons. The molecule has 0 saturated carbocycles. The normalized spacial score (nSPS) is 10.8. The SMILES string of the molecule is CCCOc1ccc(C(=O)N/N=C/c2cc(I)c(OCc3ccccc3)c(OCC)c2)cc1. The molecule has 6 nitrogen and oxygen atoms in total. The van der Waals surface area contributed by atoms with Gasteiger partial charge in [0, 0.05) is 5.56 Å². The summed E-state index contributed by atoms with van der Waals surface area (Å²) in [6.45, 7) is 5.57. The van der Waals surface area contributed by atoms with Crippen LogP contribution in [0.25, 0.3) is 0 Å². The second-order valence-corrected chi connectivity index (χ2v) is 8.27. The van der Waals surface area contributed by atoms with E-state index in [9.17, 15) is 4.79 Å². The molecule has 0 aliphatic carbocycles. The second kappa shape index (κ2) is 12.8. The van der Waals surface area contributed by atoms with Crippen LogP contribution in [0.3, 0.4) is 0 Å². The predicted molar refractivity (Wildman–Crippen MR) is 138 cm³/mol. The Bertz CT molecular complexity index is 1070. The Morgan fingerprint density at radius 2 is 1.76 bits per heavy atom. The van der Waals surface area contributed by atoms with Crippen molar-refractivity contribution in [1.29, 1.82) is 0 Å². The molecular weight excluding hydrogens is 531 g/mol. The van der Waals surface area contributed by atoms with Gasteiger partial charge in [0.25, 0.3) is 5.91 Å². The van der Waals surface area contributed by atoms with Crippen LogP contribution in [-0.4, -0.2) is 25.3 Å². The fourth-order valence-electron chi connectivity index (χ4n) is 2.95. The molecule has 0 fully saturated rings. The van der Waals surface area contributed by atoms with Crippen LogP contribution in [-0.2, 0) is 6.61 Å². The Hall–Kier alpha value is -3.07. The number of nitrogens with zero attached hydrogens (tertiary/aromatic N) is 1. The molecule has 3 rings (SSSR count). The standard InChI is InChI=1S/C26H27IN2O4/c1-3-14-32-22-12-10-21(11-13-22)26(30)29-28-17-20-15-23(27)25(24(16-20)31-4-2)33-18-19-8-6-5-7-9-19/h5-13,15-17H,3-4,14,18H2,1-2H3,(H,29,30)/b28-17+. The number of benzene rings is 3. The average Bonchev–Trinajstić information content (AvgIpc) is 2.83. The molecule has 0 heterocycles. The Morgan fingerprint density at radius 3 is 2.45 bits per heavy atom. The van der Waals surface area contributed by atoms with Gasteiger partial charge in [-0.3, -0.25) is 4.79 Å². The van der Waals surface area contributed by atoms with Gasteiger partial charge < -0.3 is 14.2 Å². The van der Waals surface area contributed by atoms with Gasteiger partial charge in [-0.15, -0.1) is 0 Å². The smallest absolute Gasteiger partial charge is 0.271 e. The van der Waals surface area contributed by atoms with E-state index >= 15 is 0 Å². The van der Waals surface area contributed by atoms with Crippen molar-refractivity contribution in [1.82, 2.24) is 5.43 Å².